The predicted molar refractivity (Wildman–Crippen MR) is 47.9 cm³/mol. The fourth-order valence-corrected chi connectivity index (χ4v) is 1.86. The molecule has 0 spiro atoms. The minimum Gasteiger partial charge on any atom is -0.392 e. The summed E-state index contributed by atoms with van der Waals surface area (Å²) in [7, 11) is 0. The van der Waals surface area contributed by atoms with Crippen molar-refractivity contribution in [1.82, 2.24) is 0 Å². The average molecular weight is 170 g/mol. The summed E-state index contributed by atoms with van der Waals surface area (Å²) < 4.78 is 0. The van der Waals surface area contributed by atoms with Gasteiger partial charge in [-0.05, 0) is 19.3 Å². The number of ketones is 1. The number of aliphatic hydroxyl groups is 1. The Bertz CT molecular complexity index is 154. The van der Waals surface area contributed by atoms with Crippen molar-refractivity contribution in [2.24, 2.45) is 5.92 Å². The van der Waals surface area contributed by atoms with Crippen molar-refractivity contribution in [3.05, 3.63) is 0 Å². The van der Waals surface area contributed by atoms with Crippen molar-refractivity contribution in [2.75, 3.05) is 0 Å². The SMILES string of the molecule is CCCC[C@H](O)[C@@H]1CCCC1=O. The number of carbonyl (C=O) groups excluding carboxylic acids is 1. The molecule has 0 unspecified atom stereocenters. The van der Waals surface area contributed by atoms with E-state index in [2.05, 4.69) is 6.92 Å². The first kappa shape index (κ1) is 9.72. The van der Waals surface area contributed by atoms with Gasteiger partial charge in [0.25, 0.3) is 0 Å². The Morgan fingerprint density at radius 2 is 2.42 bits per heavy atom. The molecular weight excluding hydrogens is 152 g/mol. The third-order valence-electron chi connectivity index (χ3n) is 2.67. The van der Waals surface area contributed by atoms with Crippen LogP contribution in [0.2, 0.25) is 0 Å². The second kappa shape index (κ2) is 4.61. The first-order valence-corrected chi connectivity index (χ1v) is 4.96. The van der Waals surface area contributed by atoms with Crippen LogP contribution in [0.25, 0.3) is 0 Å². The molecule has 1 rings (SSSR count). The summed E-state index contributed by atoms with van der Waals surface area (Å²) in [4.78, 5) is 11.2. The molecular formula is C10H18O2. The maximum absolute atomic E-state index is 11.2. The second-order valence-corrected chi connectivity index (χ2v) is 3.67. The van der Waals surface area contributed by atoms with Gasteiger partial charge in [0, 0.05) is 12.3 Å². The van der Waals surface area contributed by atoms with E-state index < -0.39 is 0 Å². The smallest absolute Gasteiger partial charge is 0.138 e. The largest absolute Gasteiger partial charge is 0.392 e. The fraction of sp³-hybridized carbons (Fsp3) is 0.900. The third kappa shape index (κ3) is 2.31. The summed E-state index contributed by atoms with van der Waals surface area (Å²) in [6.07, 6.45) is 5.14. The van der Waals surface area contributed by atoms with Crippen LogP contribution in [-0.4, -0.2) is 17.0 Å². The van der Waals surface area contributed by atoms with Crippen LogP contribution in [0.3, 0.4) is 0 Å². The predicted octanol–water partition coefficient (Wildman–Crippen LogP) is 1.91. The first-order chi connectivity index (χ1) is 5.75. The highest BCUT2D eigenvalue weighted by Gasteiger charge is 2.30. The average Bonchev–Trinajstić information content (AvgIpc) is 2.47. The van der Waals surface area contributed by atoms with Crippen LogP contribution in [-0.2, 0) is 4.79 Å². The van der Waals surface area contributed by atoms with E-state index in [1.807, 2.05) is 0 Å². The second-order valence-electron chi connectivity index (χ2n) is 3.67. The van der Waals surface area contributed by atoms with Gasteiger partial charge < -0.3 is 5.11 Å². The highest BCUT2D eigenvalue weighted by Crippen LogP contribution is 2.26. The highest BCUT2D eigenvalue weighted by molar-refractivity contribution is 5.83. The van der Waals surface area contributed by atoms with E-state index >= 15 is 0 Å². The Kier molecular flexibility index (Phi) is 3.73. The van der Waals surface area contributed by atoms with Gasteiger partial charge in [-0.15, -0.1) is 0 Å². The number of Topliss-reactive ketones (excluding diaryl/α,β-unsaturated/α-hetero) is 1. The van der Waals surface area contributed by atoms with E-state index in [1.54, 1.807) is 0 Å². The monoisotopic (exact) mass is 170 g/mol. The molecule has 1 aliphatic carbocycles. The van der Waals surface area contributed by atoms with Gasteiger partial charge in [-0.3, -0.25) is 4.79 Å². The molecule has 0 amide bonds. The Labute approximate surface area is 74.0 Å². The number of unbranched alkanes of at least 4 members (excludes halogenated alkanes) is 1. The quantitative estimate of drug-likeness (QED) is 0.699. The summed E-state index contributed by atoms with van der Waals surface area (Å²) >= 11 is 0. The molecule has 0 aliphatic heterocycles. The van der Waals surface area contributed by atoms with Crippen molar-refractivity contribution < 1.29 is 9.90 Å². The van der Waals surface area contributed by atoms with Crippen LogP contribution in [0.4, 0.5) is 0 Å². The summed E-state index contributed by atoms with van der Waals surface area (Å²) in [6.45, 7) is 2.10. The lowest BCUT2D eigenvalue weighted by Crippen LogP contribution is -2.23. The lowest BCUT2D eigenvalue weighted by Gasteiger charge is -2.15. The molecule has 1 N–H and O–H groups in total. The van der Waals surface area contributed by atoms with E-state index in [0.29, 0.717) is 6.42 Å². The number of hydrogen-bond donors (Lipinski definition) is 1. The first-order valence-electron chi connectivity index (χ1n) is 4.96. The summed E-state index contributed by atoms with van der Waals surface area (Å²) in [5.74, 6) is 0.246. The Balaban J connectivity index is 2.30. The van der Waals surface area contributed by atoms with Crippen LogP contribution in [0.5, 0.6) is 0 Å². The highest BCUT2D eigenvalue weighted by atomic mass is 16.3. The van der Waals surface area contributed by atoms with Gasteiger partial charge >= 0.3 is 0 Å². The summed E-state index contributed by atoms with van der Waals surface area (Å²) in [6, 6.07) is 0. The van der Waals surface area contributed by atoms with Crippen molar-refractivity contribution in [2.45, 2.75) is 51.6 Å². The van der Waals surface area contributed by atoms with Crippen LogP contribution >= 0.6 is 0 Å². The lowest BCUT2D eigenvalue weighted by atomic mass is 9.96. The van der Waals surface area contributed by atoms with Crippen molar-refractivity contribution in [3.63, 3.8) is 0 Å². The van der Waals surface area contributed by atoms with Gasteiger partial charge in [-0.25, -0.2) is 0 Å². The molecule has 0 saturated heterocycles. The molecule has 1 aliphatic rings. The Morgan fingerprint density at radius 1 is 1.67 bits per heavy atom. The van der Waals surface area contributed by atoms with E-state index in [1.165, 1.54) is 0 Å². The van der Waals surface area contributed by atoms with Crippen molar-refractivity contribution in [1.29, 1.82) is 0 Å². The van der Waals surface area contributed by atoms with Crippen LogP contribution in [0.15, 0.2) is 0 Å². The van der Waals surface area contributed by atoms with Gasteiger partial charge in [-0.2, -0.15) is 0 Å². The molecule has 0 bridgehead atoms. The van der Waals surface area contributed by atoms with Gasteiger partial charge in [0.1, 0.15) is 5.78 Å². The standard InChI is InChI=1S/C10H18O2/c1-2-3-6-9(11)8-5-4-7-10(8)12/h8-9,11H,2-7H2,1H3/t8-,9-/m0/s1. The maximum Gasteiger partial charge on any atom is 0.138 e. The van der Waals surface area contributed by atoms with Crippen LogP contribution < -0.4 is 0 Å². The van der Waals surface area contributed by atoms with Crippen LogP contribution in [0.1, 0.15) is 45.4 Å². The molecule has 1 fully saturated rings. The topological polar surface area (TPSA) is 37.3 Å². The van der Waals surface area contributed by atoms with Crippen LogP contribution in [0, 0.1) is 5.92 Å². The van der Waals surface area contributed by atoms with E-state index in [9.17, 15) is 9.90 Å². The minimum atomic E-state index is -0.361. The molecule has 0 aromatic heterocycles. The lowest BCUT2D eigenvalue weighted by molar-refractivity contribution is -0.123. The molecule has 0 radical (unpaired) electrons. The minimum absolute atomic E-state index is 0.0310. The zero-order chi connectivity index (χ0) is 8.97. The fourth-order valence-electron chi connectivity index (χ4n) is 1.86. The number of aliphatic hydroxyl groups excluding tert-OH is 1. The van der Waals surface area contributed by atoms with E-state index in [-0.39, 0.29) is 17.8 Å². The maximum atomic E-state index is 11.2. The normalized spacial score (nSPS) is 26.2. The molecule has 70 valence electrons. The van der Waals surface area contributed by atoms with Gasteiger partial charge in [0.2, 0.25) is 0 Å². The van der Waals surface area contributed by atoms with Gasteiger partial charge in [0.15, 0.2) is 0 Å². The molecule has 0 heterocycles. The third-order valence-corrected chi connectivity index (χ3v) is 2.67. The Morgan fingerprint density at radius 3 is 2.92 bits per heavy atom. The molecule has 12 heavy (non-hydrogen) atoms. The molecule has 2 nitrogen and oxygen atoms in total. The van der Waals surface area contributed by atoms with Gasteiger partial charge in [-0.1, -0.05) is 19.8 Å². The molecule has 0 aromatic carbocycles. The molecule has 2 atom stereocenters. The van der Waals surface area contributed by atoms with Crippen molar-refractivity contribution in [3.8, 4) is 0 Å². The summed E-state index contributed by atoms with van der Waals surface area (Å²) in [5.41, 5.74) is 0. The van der Waals surface area contributed by atoms with E-state index in [4.69, 9.17) is 0 Å². The number of hydrogen-bond acceptors (Lipinski definition) is 2. The number of carbonyl (C=O) groups is 1. The zero-order valence-corrected chi connectivity index (χ0v) is 7.75. The molecule has 1 saturated carbocycles. The molecule has 0 aromatic rings. The summed E-state index contributed by atoms with van der Waals surface area (Å²) in [5, 5.41) is 9.63. The molecule has 2 heteroatoms. The van der Waals surface area contributed by atoms with E-state index in [0.717, 1.165) is 32.1 Å². The Hall–Kier alpha value is -0.370. The van der Waals surface area contributed by atoms with Gasteiger partial charge in [0.05, 0.1) is 6.10 Å². The zero-order valence-electron chi connectivity index (χ0n) is 7.75. The number of rotatable bonds is 4. The van der Waals surface area contributed by atoms with Crippen molar-refractivity contribution >= 4 is 5.78 Å².